The average Bonchev–Trinajstić information content (AvgIpc) is 2.83. The number of fused-ring (bicyclic) bond motifs is 1. The first-order valence-electron chi connectivity index (χ1n) is 4.92. The minimum absolute atomic E-state index is 0.346. The monoisotopic (exact) mass is 223 g/mol. The number of ether oxygens (including phenoxy) is 1. The Labute approximate surface area is 91.8 Å². The molecule has 5 heteroatoms. The van der Waals surface area contributed by atoms with Gasteiger partial charge in [0.15, 0.2) is 5.65 Å². The molecule has 2 aromatic heterocycles. The van der Waals surface area contributed by atoms with E-state index in [-0.39, 0.29) is 0 Å². The van der Waals surface area contributed by atoms with E-state index in [9.17, 15) is 0 Å². The summed E-state index contributed by atoms with van der Waals surface area (Å²) < 4.78 is 7.29. The van der Waals surface area contributed by atoms with Gasteiger partial charge in [0.05, 0.1) is 11.6 Å². The van der Waals surface area contributed by atoms with Gasteiger partial charge >= 0.3 is 0 Å². The summed E-state index contributed by atoms with van der Waals surface area (Å²) in [5, 5.41) is 8.99. The Kier molecular flexibility index (Phi) is 2.11. The topological polar surface area (TPSA) is 39.4 Å². The van der Waals surface area contributed by atoms with Crippen LogP contribution in [0.5, 0.6) is 0 Å². The van der Waals surface area contributed by atoms with Crippen molar-refractivity contribution in [2.45, 2.75) is 12.3 Å². The van der Waals surface area contributed by atoms with E-state index in [0.29, 0.717) is 10.9 Å². The highest BCUT2D eigenvalue weighted by Crippen LogP contribution is 2.24. The molecule has 0 bridgehead atoms. The van der Waals surface area contributed by atoms with Crippen molar-refractivity contribution >= 4 is 17.2 Å². The first-order valence-corrected chi connectivity index (χ1v) is 5.30. The molecule has 2 aromatic rings. The van der Waals surface area contributed by atoms with E-state index in [2.05, 4.69) is 10.2 Å². The number of halogens is 1. The van der Waals surface area contributed by atoms with Gasteiger partial charge < -0.3 is 4.74 Å². The Bertz CT molecular complexity index is 490. The zero-order valence-electron chi connectivity index (χ0n) is 8.06. The Morgan fingerprint density at radius 1 is 1.40 bits per heavy atom. The quantitative estimate of drug-likeness (QED) is 0.741. The highest BCUT2D eigenvalue weighted by molar-refractivity contribution is 6.30. The number of rotatable bonds is 1. The molecule has 0 aromatic carbocycles. The van der Waals surface area contributed by atoms with Crippen LogP contribution in [0.1, 0.15) is 18.2 Å². The summed E-state index contributed by atoms with van der Waals surface area (Å²) in [5.74, 6) is 1.29. The van der Waals surface area contributed by atoms with Crippen LogP contribution in [0, 0.1) is 0 Å². The van der Waals surface area contributed by atoms with Gasteiger partial charge in [-0.3, -0.25) is 4.40 Å². The van der Waals surface area contributed by atoms with Crippen LogP contribution in [0.25, 0.3) is 5.65 Å². The third-order valence-corrected chi connectivity index (χ3v) is 2.91. The highest BCUT2D eigenvalue weighted by Gasteiger charge is 2.22. The minimum atomic E-state index is 0.346. The van der Waals surface area contributed by atoms with Crippen LogP contribution in [0.3, 0.4) is 0 Å². The van der Waals surface area contributed by atoms with Gasteiger partial charge in [0, 0.05) is 18.7 Å². The SMILES string of the molecule is Clc1ccc2nnc(C3CCOC3)n2c1. The van der Waals surface area contributed by atoms with Crippen molar-refractivity contribution < 1.29 is 4.74 Å². The second-order valence-electron chi connectivity index (χ2n) is 3.69. The van der Waals surface area contributed by atoms with E-state index in [4.69, 9.17) is 16.3 Å². The van der Waals surface area contributed by atoms with Crippen molar-refractivity contribution in [3.05, 3.63) is 29.2 Å². The molecule has 0 N–H and O–H groups in total. The summed E-state index contributed by atoms with van der Waals surface area (Å²) in [6.45, 7) is 1.54. The van der Waals surface area contributed by atoms with Gasteiger partial charge in [0.1, 0.15) is 5.82 Å². The fraction of sp³-hybridized carbons (Fsp3) is 0.400. The first-order chi connectivity index (χ1) is 7.34. The van der Waals surface area contributed by atoms with Gasteiger partial charge in [0.2, 0.25) is 0 Å². The Morgan fingerprint density at radius 2 is 2.33 bits per heavy atom. The van der Waals surface area contributed by atoms with E-state index < -0.39 is 0 Å². The van der Waals surface area contributed by atoms with Crippen LogP contribution < -0.4 is 0 Å². The molecular formula is C10H10ClN3O. The van der Waals surface area contributed by atoms with E-state index in [1.54, 1.807) is 0 Å². The molecule has 1 fully saturated rings. The number of hydrogen-bond donors (Lipinski definition) is 0. The zero-order chi connectivity index (χ0) is 10.3. The largest absolute Gasteiger partial charge is 0.381 e. The van der Waals surface area contributed by atoms with E-state index in [1.807, 2.05) is 22.7 Å². The van der Waals surface area contributed by atoms with Crippen molar-refractivity contribution in [3.8, 4) is 0 Å². The summed E-state index contributed by atoms with van der Waals surface area (Å²) in [7, 11) is 0. The van der Waals surface area contributed by atoms with Crippen molar-refractivity contribution in [1.82, 2.24) is 14.6 Å². The number of pyridine rings is 1. The molecule has 1 unspecified atom stereocenters. The predicted octanol–water partition coefficient (Wildman–Crippen LogP) is 1.89. The third-order valence-electron chi connectivity index (χ3n) is 2.69. The molecule has 0 saturated carbocycles. The Morgan fingerprint density at radius 3 is 3.13 bits per heavy atom. The second kappa shape index (κ2) is 3.47. The fourth-order valence-corrected chi connectivity index (χ4v) is 2.06. The van der Waals surface area contributed by atoms with Crippen LogP contribution in [0.15, 0.2) is 18.3 Å². The normalized spacial score (nSPS) is 21.3. The molecule has 1 aliphatic heterocycles. The Balaban J connectivity index is 2.13. The lowest BCUT2D eigenvalue weighted by Gasteiger charge is -2.04. The van der Waals surface area contributed by atoms with Crippen LogP contribution in [-0.2, 0) is 4.74 Å². The van der Waals surface area contributed by atoms with E-state index in [0.717, 1.165) is 31.1 Å². The summed E-state index contributed by atoms with van der Waals surface area (Å²) >= 11 is 5.95. The highest BCUT2D eigenvalue weighted by atomic mass is 35.5. The van der Waals surface area contributed by atoms with Gasteiger partial charge in [-0.2, -0.15) is 0 Å². The second-order valence-corrected chi connectivity index (χ2v) is 4.13. The molecule has 1 aliphatic rings. The molecule has 3 rings (SSSR count). The van der Waals surface area contributed by atoms with Crippen LogP contribution >= 0.6 is 11.6 Å². The number of aromatic nitrogens is 3. The first kappa shape index (κ1) is 9.12. The molecular weight excluding hydrogens is 214 g/mol. The van der Waals surface area contributed by atoms with E-state index >= 15 is 0 Å². The van der Waals surface area contributed by atoms with Crippen molar-refractivity contribution in [1.29, 1.82) is 0 Å². The van der Waals surface area contributed by atoms with Gasteiger partial charge in [-0.25, -0.2) is 0 Å². The zero-order valence-corrected chi connectivity index (χ0v) is 8.81. The van der Waals surface area contributed by atoms with Crippen molar-refractivity contribution in [2.24, 2.45) is 0 Å². The molecule has 15 heavy (non-hydrogen) atoms. The average molecular weight is 224 g/mol. The maximum Gasteiger partial charge on any atom is 0.160 e. The summed E-state index contributed by atoms with van der Waals surface area (Å²) in [6.07, 6.45) is 2.86. The molecule has 1 saturated heterocycles. The Hall–Kier alpha value is -1.13. The molecule has 78 valence electrons. The molecule has 0 aliphatic carbocycles. The van der Waals surface area contributed by atoms with Gasteiger partial charge in [-0.15, -0.1) is 10.2 Å². The standard InChI is InChI=1S/C10H10ClN3O/c11-8-1-2-9-12-13-10(14(9)5-8)7-3-4-15-6-7/h1-2,5,7H,3-4,6H2. The molecule has 0 radical (unpaired) electrons. The molecule has 0 amide bonds. The minimum Gasteiger partial charge on any atom is -0.381 e. The summed E-state index contributed by atoms with van der Waals surface area (Å²) in [6, 6.07) is 3.69. The lowest BCUT2D eigenvalue weighted by atomic mass is 10.1. The predicted molar refractivity (Wildman–Crippen MR) is 56.2 cm³/mol. The molecule has 0 spiro atoms. The van der Waals surface area contributed by atoms with Gasteiger partial charge in [-0.05, 0) is 18.6 Å². The number of hydrogen-bond acceptors (Lipinski definition) is 3. The molecule has 3 heterocycles. The lowest BCUT2D eigenvalue weighted by molar-refractivity contribution is 0.193. The van der Waals surface area contributed by atoms with E-state index in [1.165, 1.54) is 0 Å². The fourth-order valence-electron chi connectivity index (χ4n) is 1.90. The van der Waals surface area contributed by atoms with Gasteiger partial charge in [-0.1, -0.05) is 11.6 Å². The third kappa shape index (κ3) is 1.50. The maximum atomic E-state index is 5.95. The summed E-state index contributed by atoms with van der Waals surface area (Å²) in [4.78, 5) is 0. The van der Waals surface area contributed by atoms with Crippen molar-refractivity contribution in [2.75, 3.05) is 13.2 Å². The van der Waals surface area contributed by atoms with Crippen molar-refractivity contribution in [3.63, 3.8) is 0 Å². The van der Waals surface area contributed by atoms with Crippen LogP contribution in [0.4, 0.5) is 0 Å². The maximum absolute atomic E-state index is 5.95. The summed E-state index contributed by atoms with van der Waals surface area (Å²) in [5.41, 5.74) is 0.835. The lowest BCUT2D eigenvalue weighted by Crippen LogP contribution is -2.03. The molecule has 4 nitrogen and oxygen atoms in total. The molecule has 1 atom stereocenters. The number of nitrogens with zero attached hydrogens (tertiary/aromatic N) is 3. The smallest absolute Gasteiger partial charge is 0.160 e. The van der Waals surface area contributed by atoms with Gasteiger partial charge in [0.25, 0.3) is 0 Å². The van der Waals surface area contributed by atoms with Crippen LogP contribution in [-0.4, -0.2) is 27.8 Å². The van der Waals surface area contributed by atoms with Crippen LogP contribution in [0.2, 0.25) is 5.02 Å².